The van der Waals surface area contributed by atoms with Gasteiger partial charge in [-0.15, -0.1) is 0 Å². The smallest absolute Gasteiger partial charge is 0.0670 e. The van der Waals surface area contributed by atoms with Crippen LogP contribution in [0.1, 0.15) is 11.6 Å². The Morgan fingerprint density at radius 3 is 2.57 bits per heavy atom. The van der Waals surface area contributed by atoms with E-state index in [0.29, 0.717) is 6.04 Å². The van der Waals surface area contributed by atoms with E-state index in [1.165, 1.54) is 11.3 Å². The summed E-state index contributed by atoms with van der Waals surface area (Å²) in [7, 11) is 2.19. The van der Waals surface area contributed by atoms with Crippen LogP contribution in [0, 0.1) is 0 Å². The van der Waals surface area contributed by atoms with Gasteiger partial charge in [0.15, 0.2) is 0 Å². The molecule has 4 heteroatoms. The molecule has 2 N–H and O–H groups in total. The summed E-state index contributed by atoms with van der Waals surface area (Å²) in [6.45, 7) is 3.11. The van der Waals surface area contributed by atoms with Gasteiger partial charge in [0.05, 0.1) is 11.7 Å². The summed E-state index contributed by atoms with van der Waals surface area (Å²) in [5.74, 6) is 0. The molecule has 110 valence electrons. The maximum Gasteiger partial charge on any atom is 0.0670 e. The lowest BCUT2D eigenvalue weighted by Gasteiger charge is -2.42. The number of piperazine rings is 1. The SMILES string of the molecule is CN1CCN(c2ccc(N)cc2Br)C(c2ccccc2)C1. The molecule has 1 heterocycles. The van der Waals surface area contributed by atoms with Gasteiger partial charge in [0, 0.05) is 29.8 Å². The van der Waals surface area contributed by atoms with Gasteiger partial charge in [-0.1, -0.05) is 30.3 Å². The normalized spacial score (nSPS) is 19.7. The minimum absolute atomic E-state index is 0.366. The molecule has 1 fully saturated rings. The summed E-state index contributed by atoms with van der Waals surface area (Å²) in [6, 6.07) is 17.1. The first kappa shape index (κ1) is 14.4. The van der Waals surface area contributed by atoms with Gasteiger partial charge in [-0.2, -0.15) is 0 Å². The first-order valence-corrected chi connectivity index (χ1v) is 7.99. The summed E-state index contributed by atoms with van der Waals surface area (Å²) in [6.07, 6.45) is 0. The lowest BCUT2D eigenvalue weighted by molar-refractivity contribution is 0.269. The van der Waals surface area contributed by atoms with Crippen molar-refractivity contribution in [2.24, 2.45) is 0 Å². The fraction of sp³-hybridized carbons (Fsp3) is 0.294. The number of benzene rings is 2. The fourth-order valence-electron chi connectivity index (χ4n) is 2.92. The van der Waals surface area contributed by atoms with E-state index in [1.807, 2.05) is 12.1 Å². The highest BCUT2D eigenvalue weighted by molar-refractivity contribution is 9.10. The van der Waals surface area contributed by atoms with Crippen LogP contribution in [0.15, 0.2) is 53.0 Å². The number of nitrogen functional groups attached to an aromatic ring is 1. The molecule has 2 aromatic carbocycles. The first-order chi connectivity index (χ1) is 10.1. The van der Waals surface area contributed by atoms with E-state index < -0.39 is 0 Å². The zero-order chi connectivity index (χ0) is 14.8. The molecule has 1 aliphatic heterocycles. The van der Waals surface area contributed by atoms with Crippen molar-refractivity contribution in [3.63, 3.8) is 0 Å². The van der Waals surface area contributed by atoms with Crippen LogP contribution in [0.3, 0.4) is 0 Å². The number of hydrogen-bond acceptors (Lipinski definition) is 3. The Hall–Kier alpha value is -1.52. The largest absolute Gasteiger partial charge is 0.399 e. The zero-order valence-electron chi connectivity index (χ0n) is 12.2. The monoisotopic (exact) mass is 345 g/mol. The van der Waals surface area contributed by atoms with E-state index in [0.717, 1.165) is 29.8 Å². The van der Waals surface area contributed by atoms with Gasteiger partial charge in [-0.05, 0) is 46.7 Å². The fourth-order valence-corrected chi connectivity index (χ4v) is 3.55. The van der Waals surface area contributed by atoms with Crippen molar-refractivity contribution in [2.75, 3.05) is 37.3 Å². The van der Waals surface area contributed by atoms with E-state index in [1.54, 1.807) is 0 Å². The highest BCUT2D eigenvalue weighted by atomic mass is 79.9. The van der Waals surface area contributed by atoms with Gasteiger partial charge in [-0.25, -0.2) is 0 Å². The minimum atomic E-state index is 0.366. The molecule has 1 atom stereocenters. The molecular weight excluding hydrogens is 326 g/mol. The second-order valence-corrected chi connectivity index (χ2v) is 6.45. The second-order valence-electron chi connectivity index (χ2n) is 5.59. The summed E-state index contributed by atoms with van der Waals surface area (Å²) in [4.78, 5) is 4.86. The van der Waals surface area contributed by atoms with Crippen molar-refractivity contribution in [1.82, 2.24) is 4.90 Å². The van der Waals surface area contributed by atoms with Crippen molar-refractivity contribution in [1.29, 1.82) is 0 Å². The van der Waals surface area contributed by atoms with Crippen LogP contribution >= 0.6 is 15.9 Å². The molecule has 0 amide bonds. The third-order valence-electron chi connectivity index (χ3n) is 4.05. The van der Waals surface area contributed by atoms with E-state index in [4.69, 9.17) is 5.73 Å². The maximum atomic E-state index is 5.87. The standard InChI is InChI=1S/C17H20BrN3/c1-20-9-10-21(16-8-7-14(19)11-15(16)18)17(12-20)13-5-3-2-4-6-13/h2-8,11,17H,9-10,12,19H2,1H3. The molecule has 0 aliphatic carbocycles. The van der Waals surface area contributed by atoms with E-state index in [-0.39, 0.29) is 0 Å². The first-order valence-electron chi connectivity index (χ1n) is 7.20. The minimum Gasteiger partial charge on any atom is -0.399 e. The molecule has 3 nitrogen and oxygen atoms in total. The molecule has 0 bridgehead atoms. The summed E-state index contributed by atoms with van der Waals surface area (Å²) >= 11 is 3.66. The second kappa shape index (κ2) is 6.08. The van der Waals surface area contributed by atoms with Gasteiger partial charge in [0.1, 0.15) is 0 Å². The van der Waals surface area contributed by atoms with Crippen LogP contribution in [0.25, 0.3) is 0 Å². The molecule has 2 aromatic rings. The molecule has 0 spiro atoms. The molecule has 3 rings (SSSR count). The predicted molar refractivity (Wildman–Crippen MR) is 92.6 cm³/mol. The van der Waals surface area contributed by atoms with Crippen LogP contribution in [-0.2, 0) is 0 Å². The van der Waals surface area contributed by atoms with Crippen molar-refractivity contribution in [3.8, 4) is 0 Å². The summed E-state index contributed by atoms with van der Waals surface area (Å²) in [5.41, 5.74) is 9.22. The Morgan fingerprint density at radius 1 is 1.10 bits per heavy atom. The molecule has 0 radical (unpaired) electrons. The van der Waals surface area contributed by atoms with Gasteiger partial charge >= 0.3 is 0 Å². The van der Waals surface area contributed by atoms with Crippen molar-refractivity contribution in [3.05, 3.63) is 58.6 Å². The summed E-state index contributed by atoms with van der Waals surface area (Å²) < 4.78 is 1.06. The van der Waals surface area contributed by atoms with Crippen LogP contribution in [0.4, 0.5) is 11.4 Å². The summed E-state index contributed by atoms with van der Waals surface area (Å²) in [5, 5.41) is 0. The third-order valence-corrected chi connectivity index (χ3v) is 4.68. The van der Waals surface area contributed by atoms with E-state index >= 15 is 0 Å². The number of nitrogens with two attached hydrogens (primary N) is 1. The van der Waals surface area contributed by atoms with Crippen LogP contribution in [-0.4, -0.2) is 31.6 Å². The van der Waals surface area contributed by atoms with Crippen LogP contribution < -0.4 is 10.6 Å². The number of likely N-dealkylation sites (N-methyl/N-ethyl adjacent to an activating group) is 1. The quantitative estimate of drug-likeness (QED) is 0.845. The van der Waals surface area contributed by atoms with Gasteiger partial charge < -0.3 is 15.5 Å². The number of hydrogen-bond donors (Lipinski definition) is 1. The zero-order valence-corrected chi connectivity index (χ0v) is 13.8. The molecule has 0 aromatic heterocycles. The Kier molecular flexibility index (Phi) is 4.17. The van der Waals surface area contributed by atoms with Gasteiger partial charge in [0.25, 0.3) is 0 Å². The van der Waals surface area contributed by atoms with Crippen molar-refractivity contribution >= 4 is 27.3 Å². The topological polar surface area (TPSA) is 32.5 Å². The van der Waals surface area contributed by atoms with Crippen molar-refractivity contribution < 1.29 is 0 Å². The molecule has 21 heavy (non-hydrogen) atoms. The third kappa shape index (κ3) is 3.06. The average molecular weight is 346 g/mol. The number of halogens is 1. The average Bonchev–Trinajstić information content (AvgIpc) is 2.49. The highest BCUT2D eigenvalue weighted by Gasteiger charge is 2.27. The Labute approximate surface area is 134 Å². The van der Waals surface area contributed by atoms with Crippen LogP contribution in [0.2, 0.25) is 0 Å². The number of anilines is 2. The Bertz CT molecular complexity index is 615. The molecule has 0 saturated carbocycles. The van der Waals surface area contributed by atoms with E-state index in [2.05, 4.69) is 69.2 Å². The van der Waals surface area contributed by atoms with Crippen LogP contribution in [0.5, 0.6) is 0 Å². The lowest BCUT2D eigenvalue weighted by Crippen LogP contribution is -2.47. The Balaban J connectivity index is 1.98. The predicted octanol–water partition coefficient (Wildman–Crippen LogP) is 3.52. The molecular formula is C17H20BrN3. The molecule has 1 saturated heterocycles. The Morgan fingerprint density at radius 2 is 1.86 bits per heavy atom. The van der Waals surface area contributed by atoms with E-state index in [9.17, 15) is 0 Å². The molecule has 1 aliphatic rings. The molecule has 1 unspecified atom stereocenters. The highest BCUT2D eigenvalue weighted by Crippen LogP contribution is 2.35. The lowest BCUT2D eigenvalue weighted by atomic mass is 10.0. The van der Waals surface area contributed by atoms with Gasteiger partial charge in [-0.3, -0.25) is 0 Å². The van der Waals surface area contributed by atoms with Crippen molar-refractivity contribution in [2.45, 2.75) is 6.04 Å². The maximum absolute atomic E-state index is 5.87. The van der Waals surface area contributed by atoms with Gasteiger partial charge in [0.2, 0.25) is 0 Å². The number of rotatable bonds is 2. The number of nitrogens with zero attached hydrogens (tertiary/aromatic N) is 2.